The summed E-state index contributed by atoms with van der Waals surface area (Å²) < 4.78 is 11.0. The maximum absolute atomic E-state index is 14.3. The second-order valence-corrected chi connectivity index (χ2v) is 20.4. The molecule has 0 saturated heterocycles. The van der Waals surface area contributed by atoms with Gasteiger partial charge in [-0.2, -0.15) is 0 Å². The van der Waals surface area contributed by atoms with Gasteiger partial charge in [-0.05, 0) is 72.2 Å². The number of hydrogen-bond acceptors (Lipinski definition) is 9. The normalized spacial score (nSPS) is 16.6. The quantitative estimate of drug-likeness (QED) is 0.0508. The highest BCUT2D eigenvalue weighted by Crippen LogP contribution is 2.34. The predicted octanol–water partition coefficient (Wildman–Crippen LogP) is 10.4. The average molecular weight is 1010 g/mol. The number of carbonyl (C=O) groups excluding carboxylic acids is 7. The number of nitrogens with zero attached hydrogens (tertiary/aromatic N) is 2. The van der Waals surface area contributed by atoms with Gasteiger partial charge in [0.1, 0.15) is 18.1 Å². The van der Waals surface area contributed by atoms with Crippen molar-refractivity contribution in [1.82, 2.24) is 20.4 Å². The zero-order valence-electron chi connectivity index (χ0n) is 45.4. The van der Waals surface area contributed by atoms with Gasteiger partial charge in [0, 0.05) is 52.1 Å². The average Bonchev–Trinajstić information content (AvgIpc) is 3.38. The molecule has 0 spiro atoms. The van der Waals surface area contributed by atoms with Crippen molar-refractivity contribution in [2.24, 2.45) is 5.92 Å². The lowest BCUT2D eigenvalue weighted by molar-refractivity contribution is -0.145. The Morgan fingerprint density at radius 3 is 1.89 bits per heavy atom. The largest absolute Gasteiger partial charge is 0.467 e. The topological polar surface area (TPSA) is 168 Å². The molecule has 73 heavy (non-hydrogen) atoms. The van der Waals surface area contributed by atoms with Gasteiger partial charge in [-0.3, -0.25) is 28.8 Å². The molecule has 0 radical (unpaired) electrons. The first kappa shape index (κ1) is 59.9. The lowest BCUT2D eigenvalue weighted by Crippen LogP contribution is -2.53. The van der Waals surface area contributed by atoms with Crippen molar-refractivity contribution < 1.29 is 43.0 Å². The number of methoxy groups -OCH3 is 1. The van der Waals surface area contributed by atoms with Crippen LogP contribution in [-0.2, 0) is 56.1 Å². The summed E-state index contributed by atoms with van der Waals surface area (Å²) in [6, 6.07) is 16.9. The zero-order valence-corrected chi connectivity index (χ0v) is 45.4. The molecule has 1 aliphatic heterocycles. The molecule has 13 heteroatoms. The van der Waals surface area contributed by atoms with E-state index in [1.807, 2.05) is 74.5 Å². The highest BCUT2D eigenvalue weighted by molar-refractivity contribution is 5.96. The molecule has 0 aromatic heterocycles. The summed E-state index contributed by atoms with van der Waals surface area (Å²) >= 11 is 0. The Kier molecular flexibility index (Phi) is 26.1. The number of fused-ring (bicyclic) bond motifs is 5. The van der Waals surface area contributed by atoms with E-state index < -0.39 is 65.3 Å². The van der Waals surface area contributed by atoms with E-state index in [2.05, 4.69) is 17.6 Å². The Balaban J connectivity index is 1.37. The van der Waals surface area contributed by atoms with E-state index in [1.54, 1.807) is 27.0 Å². The fraction of sp³-hybridized carbons (Fsp3) is 0.583. The maximum Gasteiger partial charge on any atom is 0.328 e. The van der Waals surface area contributed by atoms with Gasteiger partial charge in [-0.1, -0.05) is 164 Å². The molecule has 3 aromatic carbocycles. The Morgan fingerprint density at radius 2 is 1.29 bits per heavy atom. The van der Waals surface area contributed by atoms with Gasteiger partial charge in [0.15, 0.2) is 11.6 Å². The van der Waals surface area contributed by atoms with E-state index in [-0.39, 0.29) is 44.8 Å². The molecule has 400 valence electrons. The van der Waals surface area contributed by atoms with Crippen molar-refractivity contribution in [2.75, 3.05) is 27.8 Å². The molecule has 3 aromatic rings. The first-order chi connectivity index (χ1) is 35.1. The Labute approximate surface area is 436 Å². The monoisotopic (exact) mass is 1010 g/mol. The summed E-state index contributed by atoms with van der Waals surface area (Å²) in [5.74, 6) is -3.96. The van der Waals surface area contributed by atoms with E-state index >= 15 is 0 Å². The number of amides is 4. The highest BCUT2D eigenvalue weighted by atomic mass is 16.5. The van der Waals surface area contributed by atoms with Gasteiger partial charge in [0.2, 0.25) is 23.6 Å². The molecule has 0 unspecified atom stereocenters. The SMILES string of the molecule is CCCCCCCCCCCCCCCCCC(=O)N(C)[C@H](COCc1ccccc1)C(=O)N[C@H](C)C(=O)CCC(=O)N(C)[C@@H]1C(=O)C[C@@H](C)C(=O)N[C@H](C(=O)OC)Cc2ccc(C)c(c2)-c2cc1ccc2C. The van der Waals surface area contributed by atoms with E-state index in [0.29, 0.717) is 18.4 Å². The van der Waals surface area contributed by atoms with Crippen LogP contribution in [0.3, 0.4) is 0 Å². The third kappa shape index (κ3) is 19.6. The van der Waals surface area contributed by atoms with Crippen molar-refractivity contribution in [3.05, 3.63) is 94.5 Å². The van der Waals surface area contributed by atoms with Crippen LogP contribution in [0.1, 0.15) is 177 Å². The molecular formula is C60H86N4O9. The Bertz CT molecular complexity index is 2260. The smallest absolute Gasteiger partial charge is 0.328 e. The second-order valence-electron chi connectivity index (χ2n) is 20.4. The minimum atomic E-state index is -1.10. The number of likely N-dealkylation sites (N-methyl/N-ethyl adjacent to an activating group) is 2. The van der Waals surface area contributed by atoms with E-state index in [1.165, 1.54) is 94.6 Å². The summed E-state index contributed by atoms with van der Waals surface area (Å²) in [5.41, 5.74) is 5.88. The number of carbonyl (C=O) groups is 7. The maximum atomic E-state index is 14.3. The van der Waals surface area contributed by atoms with E-state index in [4.69, 9.17) is 9.47 Å². The molecule has 0 aliphatic carbocycles. The summed E-state index contributed by atoms with van der Waals surface area (Å²) in [4.78, 5) is 98.7. The first-order valence-corrected chi connectivity index (χ1v) is 27.1. The summed E-state index contributed by atoms with van der Waals surface area (Å²) in [7, 11) is 4.37. The fourth-order valence-electron chi connectivity index (χ4n) is 9.58. The van der Waals surface area contributed by atoms with Crippen molar-refractivity contribution in [2.45, 2.75) is 194 Å². The van der Waals surface area contributed by atoms with Crippen LogP contribution in [0.4, 0.5) is 0 Å². The highest BCUT2D eigenvalue weighted by Gasteiger charge is 2.34. The Morgan fingerprint density at radius 1 is 0.712 bits per heavy atom. The van der Waals surface area contributed by atoms with Gasteiger partial charge in [-0.25, -0.2) is 4.79 Å². The molecular weight excluding hydrogens is 921 g/mol. The lowest BCUT2D eigenvalue weighted by atomic mass is 9.87. The van der Waals surface area contributed by atoms with Crippen LogP contribution in [-0.4, -0.2) is 96.9 Å². The first-order valence-electron chi connectivity index (χ1n) is 27.1. The zero-order chi connectivity index (χ0) is 53.3. The molecule has 1 aliphatic rings. The van der Waals surface area contributed by atoms with Crippen LogP contribution in [0.15, 0.2) is 66.7 Å². The summed E-state index contributed by atoms with van der Waals surface area (Å²) in [5, 5.41) is 5.57. The van der Waals surface area contributed by atoms with Crippen molar-refractivity contribution >= 4 is 41.2 Å². The van der Waals surface area contributed by atoms with Gasteiger partial charge < -0.3 is 29.9 Å². The minimum absolute atomic E-state index is 0.0840. The predicted molar refractivity (Wildman–Crippen MR) is 287 cm³/mol. The third-order valence-corrected chi connectivity index (χ3v) is 14.4. The van der Waals surface area contributed by atoms with Gasteiger partial charge in [0.25, 0.3) is 0 Å². The van der Waals surface area contributed by atoms with Crippen molar-refractivity contribution in [3.8, 4) is 11.1 Å². The number of ether oxygens (including phenoxy) is 2. The molecule has 4 bridgehead atoms. The number of benzene rings is 3. The number of unbranched alkanes of at least 4 members (excludes halogenated alkanes) is 14. The molecule has 0 saturated carbocycles. The standard InChI is InChI=1S/C60H86N4O9/c1-9-10-11-12-13-14-15-16-17-18-19-20-21-22-26-29-55(67)63(6)52(41-73-40-46-27-24-23-25-28-46)59(70)61-45(5)53(65)34-35-56(68)64(7)57-48-33-31-43(3)50(39-48)49-37-47(32-30-42(49)2)38-51(60(71)72-8)62-58(69)44(4)36-54(57)66/h23-25,27-28,30-33,37,39,44-45,51-52,57H,9-22,26,29,34-36,38,40-41H2,1-8H3,(H,61,70)(H,62,69)/t44-,45-,51+,52-,57+/m1/s1. The Hall–Kier alpha value is -5.69. The molecule has 5 atom stereocenters. The van der Waals surface area contributed by atoms with Crippen LogP contribution in [0.25, 0.3) is 11.1 Å². The molecule has 13 nitrogen and oxygen atoms in total. The number of hydrogen-bond donors (Lipinski definition) is 2. The molecule has 0 fully saturated rings. The number of aryl methyl sites for hydroxylation is 2. The third-order valence-electron chi connectivity index (χ3n) is 14.4. The van der Waals surface area contributed by atoms with E-state index in [0.717, 1.165) is 52.6 Å². The fourth-order valence-corrected chi connectivity index (χ4v) is 9.58. The number of esters is 1. The number of ketones is 2. The van der Waals surface area contributed by atoms with Crippen LogP contribution in [0.2, 0.25) is 0 Å². The summed E-state index contributed by atoms with van der Waals surface area (Å²) in [6.45, 7) is 9.48. The molecule has 4 amide bonds. The number of nitrogens with one attached hydrogen (secondary N) is 2. The number of rotatable bonds is 29. The number of Topliss-reactive ketones (excluding diaryl/α,β-unsaturated/α-hetero) is 2. The molecule has 4 rings (SSSR count). The summed E-state index contributed by atoms with van der Waals surface area (Å²) in [6.07, 6.45) is 18.1. The van der Waals surface area contributed by atoms with E-state index in [9.17, 15) is 33.6 Å². The van der Waals surface area contributed by atoms with Crippen LogP contribution in [0, 0.1) is 19.8 Å². The second kappa shape index (κ2) is 31.8. The minimum Gasteiger partial charge on any atom is -0.467 e. The van der Waals surface area contributed by atoms with Gasteiger partial charge in [-0.15, -0.1) is 0 Å². The molecule has 2 N–H and O–H groups in total. The lowest BCUT2D eigenvalue weighted by Gasteiger charge is -2.30. The van der Waals surface area contributed by atoms with Crippen molar-refractivity contribution in [3.63, 3.8) is 0 Å². The van der Waals surface area contributed by atoms with Crippen LogP contribution >= 0.6 is 0 Å². The van der Waals surface area contributed by atoms with Gasteiger partial charge >= 0.3 is 5.97 Å². The van der Waals surface area contributed by atoms with Gasteiger partial charge in [0.05, 0.1) is 26.4 Å². The van der Waals surface area contributed by atoms with Crippen LogP contribution < -0.4 is 10.6 Å². The van der Waals surface area contributed by atoms with Crippen molar-refractivity contribution in [1.29, 1.82) is 0 Å². The molecule has 1 heterocycles. The van der Waals surface area contributed by atoms with Crippen LogP contribution in [0.5, 0.6) is 0 Å².